The number of epoxide rings is 1. The fourth-order valence-electron chi connectivity index (χ4n) is 1.39. The number of hydrogen-bond donors (Lipinski definition) is 0. The van der Waals surface area contributed by atoms with Gasteiger partial charge in [0.15, 0.2) is 0 Å². The SMILES string of the molecule is CC(C)OC(=O)c1ccccc1OCC1CO1. The molecule has 1 fully saturated rings. The van der Waals surface area contributed by atoms with Crippen molar-refractivity contribution in [2.24, 2.45) is 0 Å². The van der Waals surface area contributed by atoms with Crippen LogP contribution in [0, 0.1) is 0 Å². The number of para-hydroxylation sites is 1. The number of ether oxygens (including phenoxy) is 3. The Balaban J connectivity index is 2.05. The molecule has 2 rings (SSSR count). The van der Waals surface area contributed by atoms with Crippen molar-refractivity contribution in [1.82, 2.24) is 0 Å². The molecule has 1 unspecified atom stereocenters. The normalized spacial score (nSPS) is 17.9. The molecule has 0 saturated carbocycles. The van der Waals surface area contributed by atoms with Crippen molar-refractivity contribution >= 4 is 5.97 Å². The summed E-state index contributed by atoms with van der Waals surface area (Å²) < 4.78 is 15.7. The highest BCUT2D eigenvalue weighted by Gasteiger charge is 2.24. The van der Waals surface area contributed by atoms with Gasteiger partial charge >= 0.3 is 5.97 Å². The third-order valence-electron chi connectivity index (χ3n) is 2.28. The molecule has 1 aromatic carbocycles. The first-order chi connectivity index (χ1) is 8.16. The Morgan fingerprint density at radius 3 is 2.82 bits per heavy atom. The van der Waals surface area contributed by atoms with Crippen molar-refractivity contribution in [1.29, 1.82) is 0 Å². The highest BCUT2D eigenvalue weighted by atomic mass is 16.6. The van der Waals surface area contributed by atoms with Gasteiger partial charge in [-0.05, 0) is 26.0 Å². The van der Waals surface area contributed by atoms with Gasteiger partial charge in [-0.25, -0.2) is 4.79 Å². The second-order valence-corrected chi connectivity index (χ2v) is 4.22. The molecule has 92 valence electrons. The number of rotatable bonds is 5. The lowest BCUT2D eigenvalue weighted by molar-refractivity contribution is 0.0373. The lowest BCUT2D eigenvalue weighted by atomic mass is 10.2. The zero-order valence-electron chi connectivity index (χ0n) is 10.0. The first-order valence-electron chi connectivity index (χ1n) is 5.71. The minimum atomic E-state index is -0.354. The summed E-state index contributed by atoms with van der Waals surface area (Å²) in [6, 6.07) is 7.08. The third-order valence-corrected chi connectivity index (χ3v) is 2.28. The molecule has 1 saturated heterocycles. The van der Waals surface area contributed by atoms with Gasteiger partial charge in [0.25, 0.3) is 0 Å². The van der Waals surface area contributed by atoms with E-state index in [1.165, 1.54) is 0 Å². The second-order valence-electron chi connectivity index (χ2n) is 4.22. The average molecular weight is 236 g/mol. The van der Waals surface area contributed by atoms with Gasteiger partial charge < -0.3 is 14.2 Å². The molecule has 1 heterocycles. The molecule has 0 aliphatic carbocycles. The Kier molecular flexibility index (Phi) is 3.64. The molecule has 1 aliphatic rings. The van der Waals surface area contributed by atoms with E-state index in [1.807, 2.05) is 19.9 Å². The molecule has 1 aliphatic heterocycles. The Morgan fingerprint density at radius 2 is 2.18 bits per heavy atom. The topological polar surface area (TPSA) is 48.1 Å². The molecule has 0 spiro atoms. The van der Waals surface area contributed by atoms with E-state index in [0.29, 0.717) is 17.9 Å². The first-order valence-corrected chi connectivity index (χ1v) is 5.71. The summed E-state index contributed by atoms with van der Waals surface area (Å²) in [5.74, 6) is 0.195. The van der Waals surface area contributed by atoms with Gasteiger partial charge in [0.1, 0.15) is 24.0 Å². The molecule has 4 nitrogen and oxygen atoms in total. The molecule has 0 bridgehead atoms. The van der Waals surface area contributed by atoms with Crippen LogP contribution in [0.3, 0.4) is 0 Å². The van der Waals surface area contributed by atoms with E-state index in [-0.39, 0.29) is 18.2 Å². The van der Waals surface area contributed by atoms with E-state index >= 15 is 0 Å². The fraction of sp³-hybridized carbons (Fsp3) is 0.462. The molecule has 0 radical (unpaired) electrons. The van der Waals surface area contributed by atoms with Crippen molar-refractivity contribution in [3.63, 3.8) is 0 Å². The van der Waals surface area contributed by atoms with Gasteiger partial charge in [0.05, 0.1) is 12.7 Å². The lowest BCUT2D eigenvalue weighted by Crippen LogP contribution is -2.14. The van der Waals surface area contributed by atoms with Crippen LogP contribution >= 0.6 is 0 Å². The van der Waals surface area contributed by atoms with E-state index in [4.69, 9.17) is 14.2 Å². The van der Waals surface area contributed by atoms with Gasteiger partial charge in [-0.2, -0.15) is 0 Å². The van der Waals surface area contributed by atoms with Crippen molar-refractivity contribution in [2.75, 3.05) is 13.2 Å². The Morgan fingerprint density at radius 1 is 1.47 bits per heavy atom. The molecule has 0 aromatic heterocycles. The van der Waals surface area contributed by atoms with Crippen LogP contribution in [-0.2, 0) is 9.47 Å². The molecule has 17 heavy (non-hydrogen) atoms. The van der Waals surface area contributed by atoms with Gasteiger partial charge in [0, 0.05) is 0 Å². The predicted molar refractivity (Wildman–Crippen MR) is 62.2 cm³/mol. The van der Waals surface area contributed by atoms with Crippen LogP contribution in [0.5, 0.6) is 5.75 Å². The smallest absolute Gasteiger partial charge is 0.342 e. The summed E-state index contributed by atoms with van der Waals surface area (Å²) in [6.07, 6.45) is 0.0338. The first kappa shape index (κ1) is 11.9. The van der Waals surface area contributed by atoms with Crippen LogP contribution in [-0.4, -0.2) is 31.4 Å². The minimum Gasteiger partial charge on any atom is -0.490 e. The Hall–Kier alpha value is -1.55. The van der Waals surface area contributed by atoms with Crippen molar-refractivity contribution < 1.29 is 19.0 Å². The van der Waals surface area contributed by atoms with E-state index in [0.717, 1.165) is 6.61 Å². The standard InChI is InChI=1S/C13H16O4/c1-9(2)17-13(14)11-5-3-4-6-12(11)16-8-10-7-15-10/h3-6,9-10H,7-8H2,1-2H3. The Bertz CT molecular complexity index is 396. The number of carbonyl (C=O) groups excluding carboxylic acids is 1. The second kappa shape index (κ2) is 5.19. The zero-order chi connectivity index (χ0) is 12.3. The maximum atomic E-state index is 11.8. The predicted octanol–water partition coefficient (Wildman–Crippen LogP) is 2.03. The summed E-state index contributed by atoms with van der Waals surface area (Å²) in [5, 5.41) is 0. The highest BCUT2D eigenvalue weighted by Crippen LogP contribution is 2.21. The monoisotopic (exact) mass is 236 g/mol. The zero-order valence-corrected chi connectivity index (χ0v) is 10.0. The molecule has 1 atom stereocenters. The number of hydrogen-bond acceptors (Lipinski definition) is 4. The van der Waals surface area contributed by atoms with E-state index < -0.39 is 0 Å². The lowest BCUT2D eigenvalue weighted by Gasteiger charge is -2.12. The summed E-state index contributed by atoms with van der Waals surface area (Å²) in [7, 11) is 0. The summed E-state index contributed by atoms with van der Waals surface area (Å²) in [5.41, 5.74) is 0.460. The van der Waals surface area contributed by atoms with Crippen LogP contribution in [0.15, 0.2) is 24.3 Å². The average Bonchev–Trinajstić information content (AvgIpc) is 3.09. The molecular formula is C13H16O4. The molecule has 0 N–H and O–H groups in total. The van der Waals surface area contributed by atoms with Crippen LogP contribution in [0.25, 0.3) is 0 Å². The van der Waals surface area contributed by atoms with Crippen molar-refractivity contribution in [3.05, 3.63) is 29.8 Å². The molecule has 1 aromatic rings. The quantitative estimate of drug-likeness (QED) is 0.579. The summed E-state index contributed by atoms with van der Waals surface area (Å²) in [4.78, 5) is 11.8. The maximum absolute atomic E-state index is 11.8. The Labute approximate surface area is 100 Å². The van der Waals surface area contributed by atoms with E-state index in [2.05, 4.69) is 0 Å². The van der Waals surface area contributed by atoms with Gasteiger partial charge in [0.2, 0.25) is 0 Å². The number of esters is 1. The maximum Gasteiger partial charge on any atom is 0.342 e. The minimum absolute atomic E-state index is 0.137. The summed E-state index contributed by atoms with van der Waals surface area (Å²) >= 11 is 0. The van der Waals surface area contributed by atoms with Crippen LogP contribution in [0.1, 0.15) is 24.2 Å². The fourth-order valence-corrected chi connectivity index (χ4v) is 1.39. The van der Waals surface area contributed by atoms with E-state index in [9.17, 15) is 4.79 Å². The van der Waals surface area contributed by atoms with Gasteiger partial charge in [-0.3, -0.25) is 0 Å². The molecule has 4 heteroatoms. The molecule has 0 amide bonds. The molecular weight excluding hydrogens is 220 g/mol. The van der Waals surface area contributed by atoms with Crippen molar-refractivity contribution in [3.8, 4) is 5.75 Å². The van der Waals surface area contributed by atoms with E-state index in [1.54, 1.807) is 18.2 Å². The van der Waals surface area contributed by atoms with Crippen molar-refractivity contribution in [2.45, 2.75) is 26.1 Å². The number of benzene rings is 1. The van der Waals surface area contributed by atoms with Crippen LogP contribution in [0.4, 0.5) is 0 Å². The number of carbonyl (C=O) groups is 1. The van der Waals surface area contributed by atoms with Crippen LogP contribution < -0.4 is 4.74 Å². The third kappa shape index (κ3) is 3.46. The largest absolute Gasteiger partial charge is 0.490 e. The summed E-state index contributed by atoms with van der Waals surface area (Å²) in [6.45, 7) is 4.85. The highest BCUT2D eigenvalue weighted by molar-refractivity contribution is 5.92. The van der Waals surface area contributed by atoms with Gasteiger partial charge in [-0.1, -0.05) is 12.1 Å². The van der Waals surface area contributed by atoms with Gasteiger partial charge in [-0.15, -0.1) is 0 Å². The van der Waals surface area contributed by atoms with Crippen LogP contribution in [0.2, 0.25) is 0 Å².